The third-order valence-corrected chi connectivity index (χ3v) is 8.25. The van der Waals surface area contributed by atoms with E-state index in [0.29, 0.717) is 38.0 Å². The number of carbonyl (C=O) groups is 4. The van der Waals surface area contributed by atoms with Crippen LogP contribution in [0.25, 0.3) is 0 Å². The summed E-state index contributed by atoms with van der Waals surface area (Å²) in [6.45, 7) is 8.83. The lowest BCUT2D eigenvalue weighted by atomic mass is 10.0. The van der Waals surface area contributed by atoms with Crippen LogP contribution in [0.5, 0.6) is 0 Å². The maximum atomic E-state index is 13.8. The first-order valence-corrected chi connectivity index (χ1v) is 14.5. The first-order valence-electron chi connectivity index (χ1n) is 14.5. The van der Waals surface area contributed by atoms with E-state index in [1.54, 1.807) is 16.9 Å². The van der Waals surface area contributed by atoms with Crippen molar-refractivity contribution in [1.29, 1.82) is 0 Å². The highest BCUT2D eigenvalue weighted by Gasteiger charge is 2.52. The zero-order chi connectivity index (χ0) is 28.1. The fraction of sp³-hybridized carbons (Fsp3) is 0.667. The van der Waals surface area contributed by atoms with Crippen molar-refractivity contribution in [3.05, 3.63) is 29.8 Å². The van der Waals surface area contributed by atoms with Gasteiger partial charge in [0.2, 0.25) is 11.8 Å². The second kappa shape index (κ2) is 12.9. The molecule has 1 N–H and O–H groups in total. The summed E-state index contributed by atoms with van der Waals surface area (Å²) >= 11 is 0. The molecule has 3 aliphatic heterocycles. The Kier molecular flexibility index (Phi) is 9.64. The van der Waals surface area contributed by atoms with Gasteiger partial charge in [0.1, 0.15) is 12.1 Å². The van der Waals surface area contributed by atoms with Crippen LogP contribution in [-0.4, -0.2) is 91.3 Å². The van der Waals surface area contributed by atoms with E-state index in [0.717, 1.165) is 25.2 Å². The Hall–Kier alpha value is -2.94. The molecule has 3 aliphatic rings. The van der Waals surface area contributed by atoms with E-state index in [1.807, 2.05) is 45.0 Å². The molecule has 4 unspecified atom stereocenters. The quantitative estimate of drug-likeness (QED) is 0.464. The molecule has 3 saturated heterocycles. The standard InChI is InChI=1S/C30H44N4O5/c1-5-8-22(19-39-4)29(37)34-18-26(35)27-25(34)13-16-33(27)30(38)24(17-20(2)3)31-28(36)21-9-11-23(12-10-21)32-14-6-7-15-32/h9-12,20,22,24-25,27H,5-8,13-19H2,1-4H3,(H,31,36). The molecule has 0 aromatic heterocycles. The average Bonchev–Trinajstić information content (AvgIpc) is 3.66. The molecule has 9 heteroatoms. The van der Waals surface area contributed by atoms with Crippen LogP contribution in [0.1, 0.15) is 69.7 Å². The number of carbonyl (C=O) groups excluding carboxylic acids is 4. The Balaban J connectivity index is 1.45. The van der Waals surface area contributed by atoms with Gasteiger partial charge in [0.05, 0.1) is 25.1 Å². The fourth-order valence-electron chi connectivity index (χ4n) is 6.35. The zero-order valence-electron chi connectivity index (χ0n) is 23.9. The third-order valence-electron chi connectivity index (χ3n) is 8.25. The Morgan fingerprint density at radius 3 is 2.33 bits per heavy atom. The monoisotopic (exact) mass is 540 g/mol. The molecule has 0 saturated carbocycles. The summed E-state index contributed by atoms with van der Waals surface area (Å²) in [4.78, 5) is 59.0. The first kappa shape index (κ1) is 29.1. The van der Waals surface area contributed by atoms with Crippen molar-refractivity contribution in [2.45, 2.75) is 77.4 Å². The molecule has 4 rings (SSSR count). The summed E-state index contributed by atoms with van der Waals surface area (Å²) in [6, 6.07) is 5.82. The van der Waals surface area contributed by atoms with Crippen LogP contribution in [0.15, 0.2) is 24.3 Å². The second-order valence-corrected chi connectivity index (χ2v) is 11.6. The van der Waals surface area contributed by atoms with Crippen LogP contribution in [0.3, 0.4) is 0 Å². The van der Waals surface area contributed by atoms with E-state index in [1.165, 1.54) is 12.8 Å². The van der Waals surface area contributed by atoms with Crippen molar-refractivity contribution >= 4 is 29.2 Å². The minimum Gasteiger partial charge on any atom is -0.384 e. The van der Waals surface area contributed by atoms with Gasteiger partial charge in [0, 0.05) is 38.0 Å². The number of benzene rings is 1. The molecule has 9 nitrogen and oxygen atoms in total. The Bertz CT molecular complexity index is 1030. The molecule has 0 bridgehead atoms. The lowest BCUT2D eigenvalue weighted by Crippen LogP contribution is -2.53. The number of ether oxygens (including phenoxy) is 1. The van der Waals surface area contributed by atoms with Crippen LogP contribution in [0.2, 0.25) is 0 Å². The number of nitrogens with one attached hydrogen (secondary N) is 1. The number of amides is 3. The number of hydrogen-bond donors (Lipinski definition) is 1. The van der Waals surface area contributed by atoms with Crippen LogP contribution < -0.4 is 10.2 Å². The maximum absolute atomic E-state index is 13.8. The highest BCUT2D eigenvalue weighted by molar-refractivity contribution is 6.01. The second-order valence-electron chi connectivity index (χ2n) is 11.6. The molecular weight excluding hydrogens is 496 g/mol. The van der Waals surface area contributed by atoms with Crippen molar-refractivity contribution in [1.82, 2.24) is 15.1 Å². The van der Waals surface area contributed by atoms with Crippen molar-refractivity contribution in [2.24, 2.45) is 11.8 Å². The van der Waals surface area contributed by atoms with Gasteiger partial charge in [-0.2, -0.15) is 0 Å². The number of anilines is 1. The van der Waals surface area contributed by atoms with Gasteiger partial charge in [0.15, 0.2) is 5.78 Å². The molecule has 0 spiro atoms. The van der Waals surface area contributed by atoms with Crippen LogP contribution in [0, 0.1) is 11.8 Å². The number of fused-ring (bicyclic) bond motifs is 1. The molecule has 0 aliphatic carbocycles. The minimum absolute atomic E-state index is 0.0203. The molecule has 1 aromatic rings. The van der Waals surface area contributed by atoms with Crippen molar-refractivity contribution in [3.8, 4) is 0 Å². The van der Waals surface area contributed by atoms with Gasteiger partial charge in [-0.15, -0.1) is 0 Å². The van der Waals surface area contributed by atoms with E-state index in [9.17, 15) is 19.2 Å². The lowest BCUT2D eigenvalue weighted by Gasteiger charge is -2.29. The molecule has 4 atom stereocenters. The molecule has 39 heavy (non-hydrogen) atoms. The van der Waals surface area contributed by atoms with Crippen LogP contribution in [0.4, 0.5) is 5.69 Å². The summed E-state index contributed by atoms with van der Waals surface area (Å²) < 4.78 is 5.27. The number of nitrogens with zero attached hydrogens (tertiary/aromatic N) is 3. The Labute approximate surface area is 232 Å². The summed E-state index contributed by atoms with van der Waals surface area (Å²) in [5.41, 5.74) is 1.61. The molecule has 214 valence electrons. The highest BCUT2D eigenvalue weighted by atomic mass is 16.5. The van der Waals surface area contributed by atoms with Crippen molar-refractivity contribution in [2.75, 3.05) is 44.8 Å². The predicted molar refractivity (Wildman–Crippen MR) is 149 cm³/mol. The summed E-state index contributed by atoms with van der Waals surface area (Å²) in [5.74, 6) is -0.855. The van der Waals surface area contributed by atoms with Crippen LogP contribution >= 0.6 is 0 Å². The van der Waals surface area contributed by atoms with Crippen molar-refractivity contribution < 1.29 is 23.9 Å². The molecular formula is C30H44N4O5. The molecule has 0 radical (unpaired) electrons. The Morgan fingerprint density at radius 1 is 1.03 bits per heavy atom. The summed E-state index contributed by atoms with van der Waals surface area (Å²) in [6.07, 6.45) is 4.92. The zero-order valence-corrected chi connectivity index (χ0v) is 23.9. The highest BCUT2D eigenvalue weighted by Crippen LogP contribution is 2.32. The number of methoxy groups -OCH3 is 1. The van der Waals surface area contributed by atoms with Gasteiger partial charge >= 0.3 is 0 Å². The number of ketones is 1. The molecule has 1 aromatic carbocycles. The number of likely N-dealkylation sites (tertiary alicyclic amines) is 2. The molecule has 3 heterocycles. The van der Waals surface area contributed by atoms with Gasteiger partial charge < -0.3 is 24.8 Å². The molecule has 3 fully saturated rings. The normalized spacial score (nSPS) is 22.4. The van der Waals surface area contributed by atoms with Gasteiger partial charge in [-0.25, -0.2) is 0 Å². The number of Topliss-reactive ketones (excluding diaryl/α,β-unsaturated/α-hetero) is 1. The Morgan fingerprint density at radius 2 is 1.72 bits per heavy atom. The van der Waals surface area contributed by atoms with E-state index in [2.05, 4.69) is 10.2 Å². The molecule has 3 amide bonds. The van der Waals surface area contributed by atoms with E-state index in [4.69, 9.17) is 4.74 Å². The van der Waals surface area contributed by atoms with Gasteiger partial charge in [-0.1, -0.05) is 27.2 Å². The third kappa shape index (κ3) is 6.45. The fourth-order valence-corrected chi connectivity index (χ4v) is 6.35. The van der Waals surface area contributed by atoms with E-state index < -0.39 is 12.1 Å². The average molecular weight is 541 g/mol. The minimum atomic E-state index is -0.742. The number of rotatable bonds is 11. The largest absolute Gasteiger partial charge is 0.384 e. The first-order chi connectivity index (χ1) is 18.7. The number of hydrogen-bond acceptors (Lipinski definition) is 6. The predicted octanol–water partition coefficient (Wildman–Crippen LogP) is 2.87. The van der Waals surface area contributed by atoms with Gasteiger partial charge in [-0.3, -0.25) is 19.2 Å². The van der Waals surface area contributed by atoms with E-state index >= 15 is 0 Å². The van der Waals surface area contributed by atoms with E-state index in [-0.39, 0.29) is 47.9 Å². The summed E-state index contributed by atoms with van der Waals surface area (Å²) in [5, 5.41) is 2.96. The SMILES string of the molecule is CCCC(COC)C(=O)N1CC(=O)C2C1CCN2C(=O)C(CC(C)C)NC(=O)c1ccc(N2CCCC2)cc1. The maximum Gasteiger partial charge on any atom is 0.251 e. The smallest absolute Gasteiger partial charge is 0.251 e. The lowest BCUT2D eigenvalue weighted by molar-refractivity contribution is -0.139. The van der Waals surface area contributed by atoms with Gasteiger partial charge in [-0.05, 0) is 62.3 Å². The topological polar surface area (TPSA) is 99.3 Å². The van der Waals surface area contributed by atoms with Crippen molar-refractivity contribution in [3.63, 3.8) is 0 Å². The van der Waals surface area contributed by atoms with Crippen LogP contribution in [-0.2, 0) is 19.1 Å². The van der Waals surface area contributed by atoms with Gasteiger partial charge in [0.25, 0.3) is 5.91 Å². The summed E-state index contributed by atoms with van der Waals surface area (Å²) in [7, 11) is 1.58.